The van der Waals surface area contributed by atoms with E-state index in [2.05, 4.69) is 9.97 Å². The van der Waals surface area contributed by atoms with Crippen molar-refractivity contribution < 1.29 is 13.2 Å². The molecule has 1 amide bonds. The van der Waals surface area contributed by atoms with Crippen LogP contribution in [0, 0.1) is 0 Å². The number of thioether (sulfide) groups is 1. The molecule has 1 fully saturated rings. The van der Waals surface area contributed by atoms with Crippen LogP contribution in [0.3, 0.4) is 0 Å². The molecule has 1 aliphatic heterocycles. The van der Waals surface area contributed by atoms with Gasteiger partial charge in [0.2, 0.25) is 5.91 Å². The fourth-order valence-corrected chi connectivity index (χ4v) is 4.37. The zero-order valence-corrected chi connectivity index (χ0v) is 12.2. The molecular formula is C11H15N3O3S2. The highest BCUT2D eigenvalue weighted by molar-refractivity contribution is 7.99. The Labute approximate surface area is 116 Å². The van der Waals surface area contributed by atoms with E-state index >= 15 is 0 Å². The maximum absolute atomic E-state index is 12.0. The molecule has 1 aromatic rings. The molecule has 1 atom stereocenters. The van der Waals surface area contributed by atoms with Crippen LogP contribution >= 0.6 is 11.8 Å². The third-order valence-corrected chi connectivity index (χ3v) is 5.63. The minimum atomic E-state index is -2.97. The first-order valence-corrected chi connectivity index (χ1v) is 8.64. The number of sulfone groups is 1. The van der Waals surface area contributed by atoms with Crippen LogP contribution in [0.2, 0.25) is 0 Å². The number of hydrogen-bond acceptors (Lipinski definition) is 6. The first-order valence-electron chi connectivity index (χ1n) is 5.84. The van der Waals surface area contributed by atoms with E-state index < -0.39 is 9.84 Å². The lowest BCUT2D eigenvalue weighted by atomic mass is 10.2. The predicted molar refractivity (Wildman–Crippen MR) is 72.6 cm³/mol. The Morgan fingerprint density at radius 3 is 2.74 bits per heavy atom. The van der Waals surface area contributed by atoms with Gasteiger partial charge in [-0.1, -0.05) is 11.8 Å². The average molecular weight is 301 g/mol. The lowest BCUT2D eigenvalue weighted by Crippen LogP contribution is -2.38. The monoisotopic (exact) mass is 301 g/mol. The molecule has 104 valence electrons. The minimum Gasteiger partial charge on any atom is -0.341 e. The van der Waals surface area contributed by atoms with E-state index in [1.165, 1.54) is 16.7 Å². The SMILES string of the molecule is CN(C(=O)CSc1ncccn1)[C@H]1CCS(=O)(=O)C1. The quantitative estimate of drug-likeness (QED) is 0.584. The minimum absolute atomic E-state index is 0.0712. The molecule has 0 aliphatic carbocycles. The maximum atomic E-state index is 12.0. The number of carbonyl (C=O) groups is 1. The molecule has 0 aromatic carbocycles. The Morgan fingerprint density at radius 1 is 1.47 bits per heavy atom. The van der Waals surface area contributed by atoms with Crippen LogP contribution in [-0.2, 0) is 14.6 Å². The summed E-state index contributed by atoms with van der Waals surface area (Å²) in [5, 5.41) is 0.545. The van der Waals surface area contributed by atoms with E-state index in [0.717, 1.165) is 0 Å². The average Bonchev–Trinajstić information content (AvgIpc) is 2.76. The topological polar surface area (TPSA) is 80.2 Å². The summed E-state index contributed by atoms with van der Waals surface area (Å²) in [4.78, 5) is 21.5. The van der Waals surface area contributed by atoms with Crippen molar-refractivity contribution in [2.45, 2.75) is 17.6 Å². The standard InChI is InChI=1S/C11H15N3O3S2/c1-14(9-3-6-19(16,17)8-9)10(15)7-18-11-12-4-2-5-13-11/h2,4-5,9H,3,6-8H2,1H3/t9-/m0/s1. The van der Waals surface area contributed by atoms with Crippen molar-refractivity contribution in [3.05, 3.63) is 18.5 Å². The summed E-state index contributed by atoms with van der Waals surface area (Å²) in [7, 11) is -1.31. The zero-order chi connectivity index (χ0) is 13.9. The molecule has 0 saturated carbocycles. The van der Waals surface area contributed by atoms with Gasteiger partial charge in [0.25, 0.3) is 0 Å². The van der Waals surface area contributed by atoms with Crippen LogP contribution in [0.1, 0.15) is 6.42 Å². The van der Waals surface area contributed by atoms with Gasteiger partial charge in [0.05, 0.1) is 17.3 Å². The number of nitrogens with zero attached hydrogens (tertiary/aromatic N) is 3. The van der Waals surface area contributed by atoms with Crippen LogP contribution < -0.4 is 0 Å². The molecule has 1 saturated heterocycles. The van der Waals surface area contributed by atoms with Crippen molar-refractivity contribution >= 4 is 27.5 Å². The number of hydrogen-bond donors (Lipinski definition) is 0. The van der Waals surface area contributed by atoms with Gasteiger partial charge in [-0.15, -0.1) is 0 Å². The molecule has 6 nitrogen and oxygen atoms in total. The molecule has 2 heterocycles. The largest absolute Gasteiger partial charge is 0.341 e. The summed E-state index contributed by atoms with van der Waals surface area (Å²) in [6, 6.07) is 1.51. The molecule has 0 N–H and O–H groups in total. The van der Waals surface area contributed by atoms with E-state index in [4.69, 9.17) is 0 Å². The van der Waals surface area contributed by atoms with Crippen LogP contribution in [0.15, 0.2) is 23.6 Å². The second-order valence-corrected chi connectivity index (χ2v) is 7.55. The lowest BCUT2D eigenvalue weighted by molar-refractivity contribution is -0.128. The highest BCUT2D eigenvalue weighted by Crippen LogP contribution is 2.18. The van der Waals surface area contributed by atoms with Crippen LogP contribution in [0.5, 0.6) is 0 Å². The van der Waals surface area contributed by atoms with E-state index in [1.807, 2.05) is 0 Å². The summed E-state index contributed by atoms with van der Waals surface area (Å²) in [5.74, 6) is 0.364. The second kappa shape index (κ2) is 5.87. The van der Waals surface area contributed by atoms with Crippen molar-refractivity contribution in [2.24, 2.45) is 0 Å². The van der Waals surface area contributed by atoms with Crippen LogP contribution in [0.25, 0.3) is 0 Å². The second-order valence-electron chi connectivity index (χ2n) is 4.38. The van der Waals surface area contributed by atoms with Crippen molar-refractivity contribution in [1.29, 1.82) is 0 Å². The number of rotatable bonds is 4. The van der Waals surface area contributed by atoms with Gasteiger partial charge >= 0.3 is 0 Å². The summed E-state index contributed by atoms with van der Waals surface area (Å²) in [6.45, 7) is 0. The Hall–Kier alpha value is -1.15. The zero-order valence-electron chi connectivity index (χ0n) is 10.5. The fourth-order valence-electron chi connectivity index (χ4n) is 1.87. The van der Waals surface area contributed by atoms with Crippen molar-refractivity contribution in [2.75, 3.05) is 24.3 Å². The van der Waals surface area contributed by atoms with Gasteiger partial charge in [-0.3, -0.25) is 4.79 Å². The van der Waals surface area contributed by atoms with Gasteiger partial charge < -0.3 is 4.90 Å². The third kappa shape index (κ3) is 3.90. The van der Waals surface area contributed by atoms with Crippen molar-refractivity contribution in [3.8, 4) is 0 Å². The molecule has 0 bridgehead atoms. The molecule has 0 unspecified atom stereocenters. The Morgan fingerprint density at radius 2 is 2.16 bits per heavy atom. The molecule has 1 aromatic heterocycles. The first-order chi connectivity index (χ1) is 8.98. The maximum Gasteiger partial charge on any atom is 0.233 e. The van der Waals surface area contributed by atoms with Crippen LogP contribution in [-0.4, -0.2) is 59.5 Å². The summed E-state index contributed by atoms with van der Waals surface area (Å²) >= 11 is 1.25. The van der Waals surface area contributed by atoms with Crippen molar-refractivity contribution in [1.82, 2.24) is 14.9 Å². The van der Waals surface area contributed by atoms with Gasteiger partial charge in [-0.05, 0) is 12.5 Å². The molecule has 2 rings (SSSR count). The fraction of sp³-hybridized carbons (Fsp3) is 0.545. The highest BCUT2D eigenvalue weighted by atomic mass is 32.2. The van der Waals surface area contributed by atoms with Gasteiger partial charge in [0, 0.05) is 25.5 Å². The Kier molecular flexibility index (Phi) is 4.41. The number of aromatic nitrogens is 2. The molecule has 8 heteroatoms. The van der Waals surface area contributed by atoms with E-state index in [-0.39, 0.29) is 29.2 Å². The lowest BCUT2D eigenvalue weighted by Gasteiger charge is -2.23. The number of carbonyl (C=O) groups excluding carboxylic acids is 1. The normalized spacial score (nSPS) is 21.2. The highest BCUT2D eigenvalue weighted by Gasteiger charge is 2.32. The van der Waals surface area contributed by atoms with Gasteiger partial charge in [0.15, 0.2) is 15.0 Å². The van der Waals surface area contributed by atoms with E-state index in [9.17, 15) is 13.2 Å². The molecule has 0 radical (unpaired) electrons. The smallest absolute Gasteiger partial charge is 0.233 e. The number of amides is 1. The molecule has 19 heavy (non-hydrogen) atoms. The Balaban J connectivity index is 1.87. The third-order valence-electron chi connectivity index (χ3n) is 3.02. The van der Waals surface area contributed by atoms with Gasteiger partial charge in [0.1, 0.15) is 0 Å². The molecular weight excluding hydrogens is 286 g/mol. The first kappa shape index (κ1) is 14.3. The van der Waals surface area contributed by atoms with Crippen LogP contribution in [0.4, 0.5) is 0 Å². The molecule has 0 spiro atoms. The van der Waals surface area contributed by atoms with Gasteiger partial charge in [-0.25, -0.2) is 18.4 Å². The summed E-state index contributed by atoms with van der Waals surface area (Å²) in [6.07, 6.45) is 3.76. The summed E-state index contributed by atoms with van der Waals surface area (Å²) in [5.41, 5.74) is 0. The molecule has 1 aliphatic rings. The van der Waals surface area contributed by atoms with Gasteiger partial charge in [-0.2, -0.15) is 0 Å². The van der Waals surface area contributed by atoms with E-state index in [1.54, 1.807) is 25.5 Å². The Bertz CT molecular complexity index is 548. The van der Waals surface area contributed by atoms with Crippen molar-refractivity contribution in [3.63, 3.8) is 0 Å². The summed E-state index contributed by atoms with van der Waals surface area (Å²) < 4.78 is 22.8. The predicted octanol–water partition coefficient (Wildman–Crippen LogP) is 0.214. The van der Waals surface area contributed by atoms with E-state index in [0.29, 0.717) is 11.6 Å².